The summed E-state index contributed by atoms with van der Waals surface area (Å²) in [6.07, 6.45) is -0.389. The number of halogens is 3. The number of hydrogen-bond donors (Lipinski definition) is 1. The summed E-state index contributed by atoms with van der Waals surface area (Å²) in [5.74, 6) is -0.922. The highest BCUT2D eigenvalue weighted by molar-refractivity contribution is 9.10. The van der Waals surface area contributed by atoms with Gasteiger partial charge in [0.25, 0.3) is 5.91 Å². The zero-order valence-corrected chi connectivity index (χ0v) is 18.7. The molecule has 0 aromatic heterocycles. The van der Waals surface area contributed by atoms with Crippen LogP contribution in [-0.2, 0) is 16.9 Å². The first-order chi connectivity index (χ1) is 14.3. The van der Waals surface area contributed by atoms with Crippen molar-refractivity contribution >= 4 is 56.5 Å². The fourth-order valence-electron chi connectivity index (χ4n) is 3.62. The summed E-state index contributed by atoms with van der Waals surface area (Å²) in [5, 5.41) is 12.3. The maximum atomic E-state index is 13.4. The van der Waals surface area contributed by atoms with Gasteiger partial charge in [-0.3, -0.25) is 9.59 Å². The van der Waals surface area contributed by atoms with E-state index in [9.17, 15) is 14.7 Å². The summed E-state index contributed by atoms with van der Waals surface area (Å²) in [6, 6.07) is 18.8. The van der Waals surface area contributed by atoms with E-state index in [0.29, 0.717) is 26.9 Å². The molecule has 0 aliphatic carbocycles. The lowest BCUT2D eigenvalue weighted by Crippen LogP contribution is -2.41. The third-order valence-electron chi connectivity index (χ3n) is 5.16. The summed E-state index contributed by atoms with van der Waals surface area (Å²) in [5.41, 5.74) is -0.0385. The standard InChI is InChI=1S/C23H16BrCl2NO3/c24-16-7-5-14(6-8-16)21(28)12-23(30)18-11-17(25)9-10-20(18)27(22(23)29)13-15-3-1-2-4-19(15)26/h1-11,30H,12-13H2/t23-/m1/s1. The molecule has 0 fully saturated rings. The summed E-state index contributed by atoms with van der Waals surface area (Å²) in [7, 11) is 0. The Bertz CT molecular complexity index is 1150. The quantitative estimate of drug-likeness (QED) is 0.449. The van der Waals surface area contributed by atoms with Crippen LogP contribution in [-0.4, -0.2) is 16.8 Å². The number of aliphatic hydroxyl groups is 1. The van der Waals surface area contributed by atoms with E-state index in [1.54, 1.807) is 48.5 Å². The largest absolute Gasteiger partial charge is 0.375 e. The second-order valence-electron chi connectivity index (χ2n) is 7.11. The Kier molecular flexibility index (Phi) is 5.73. The molecule has 4 nitrogen and oxygen atoms in total. The monoisotopic (exact) mass is 503 g/mol. The van der Waals surface area contributed by atoms with Crippen LogP contribution in [0.5, 0.6) is 0 Å². The zero-order valence-electron chi connectivity index (χ0n) is 15.6. The van der Waals surface area contributed by atoms with E-state index in [4.69, 9.17) is 23.2 Å². The van der Waals surface area contributed by atoms with Gasteiger partial charge in [-0.25, -0.2) is 0 Å². The van der Waals surface area contributed by atoms with E-state index in [2.05, 4.69) is 15.9 Å². The van der Waals surface area contributed by atoms with Crippen molar-refractivity contribution in [1.29, 1.82) is 0 Å². The molecule has 4 rings (SSSR count). The molecule has 1 atom stereocenters. The average molecular weight is 505 g/mol. The second kappa shape index (κ2) is 8.16. The van der Waals surface area contributed by atoms with Crippen molar-refractivity contribution < 1.29 is 14.7 Å². The minimum absolute atomic E-state index is 0.169. The van der Waals surface area contributed by atoms with Gasteiger partial charge in [0, 0.05) is 25.6 Å². The van der Waals surface area contributed by atoms with Crippen molar-refractivity contribution in [3.05, 3.63) is 97.9 Å². The lowest BCUT2D eigenvalue weighted by atomic mass is 9.88. The molecule has 0 spiro atoms. The maximum Gasteiger partial charge on any atom is 0.264 e. The molecule has 0 bridgehead atoms. The molecule has 1 amide bonds. The van der Waals surface area contributed by atoms with E-state index in [1.807, 2.05) is 12.1 Å². The number of nitrogens with zero attached hydrogens (tertiary/aromatic N) is 1. The van der Waals surface area contributed by atoms with Gasteiger partial charge in [0.2, 0.25) is 0 Å². The fourth-order valence-corrected chi connectivity index (χ4v) is 4.25. The van der Waals surface area contributed by atoms with Crippen LogP contribution in [0.2, 0.25) is 10.0 Å². The topological polar surface area (TPSA) is 57.6 Å². The van der Waals surface area contributed by atoms with Crippen molar-refractivity contribution in [2.45, 2.75) is 18.6 Å². The highest BCUT2D eigenvalue weighted by Gasteiger charge is 2.51. The number of hydrogen-bond acceptors (Lipinski definition) is 3. The number of anilines is 1. The number of fused-ring (bicyclic) bond motifs is 1. The van der Waals surface area contributed by atoms with Crippen molar-refractivity contribution in [2.75, 3.05) is 4.90 Å². The van der Waals surface area contributed by atoms with E-state index in [-0.39, 0.29) is 18.7 Å². The third kappa shape index (κ3) is 3.79. The van der Waals surface area contributed by atoms with Crippen LogP contribution in [0.3, 0.4) is 0 Å². The van der Waals surface area contributed by atoms with Gasteiger partial charge in [-0.1, -0.05) is 69.5 Å². The van der Waals surface area contributed by atoms with E-state index in [0.717, 1.165) is 10.0 Å². The molecule has 30 heavy (non-hydrogen) atoms. The molecule has 3 aromatic carbocycles. The molecule has 152 valence electrons. The van der Waals surface area contributed by atoms with Crippen LogP contribution in [0.1, 0.15) is 27.9 Å². The molecule has 0 saturated carbocycles. The van der Waals surface area contributed by atoms with Crippen LogP contribution >= 0.6 is 39.1 Å². The first-order valence-corrected chi connectivity index (χ1v) is 10.7. The molecule has 1 aliphatic heterocycles. The first kappa shape index (κ1) is 21.1. The second-order valence-corrected chi connectivity index (χ2v) is 8.87. The smallest absolute Gasteiger partial charge is 0.264 e. The summed E-state index contributed by atoms with van der Waals surface area (Å²) >= 11 is 15.8. The molecule has 7 heteroatoms. The van der Waals surface area contributed by atoms with Gasteiger partial charge in [0.1, 0.15) is 0 Å². The highest BCUT2D eigenvalue weighted by Crippen LogP contribution is 2.45. The number of ketones is 1. The Morgan fingerprint density at radius 3 is 2.43 bits per heavy atom. The predicted octanol–water partition coefficient (Wildman–Crippen LogP) is 5.76. The van der Waals surface area contributed by atoms with Gasteiger partial charge in [0.05, 0.1) is 18.7 Å². The van der Waals surface area contributed by atoms with Crippen LogP contribution in [0.25, 0.3) is 0 Å². The molecule has 0 unspecified atom stereocenters. The Labute approximate surface area is 192 Å². The predicted molar refractivity (Wildman–Crippen MR) is 121 cm³/mol. The van der Waals surface area contributed by atoms with Gasteiger partial charge in [-0.05, 0) is 42.0 Å². The van der Waals surface area contributed by atoms with E-state index < -0.39 is 11.5 Å². The molecule has 0 radical (unpaired) electrons. The molecule has 1 N–H and O–H groups in total. The fraction of sp³-hybridized carbons (Fsp3) is 0.130. The number of rotatable bonds is 5. The maximum absolute atomic E-state index is 13.4. The van der Waals surface area contributed by atoms with Gasteiger partial charge in [0.15, 0.2) is 11.4 Å². The van der Waals surface area contributed by atoms with Crippen LogP contribution in [0.15, 0.2) is 71.2 Å². The Balaban J connectivity index is 1.72. The molecule has 0 saturated heterocycles. The normalized spacial score (nSPS) is 17.9. The van der Waals surface area contributed by atoms with Crippen LogP contribution in [0.4, 0.5) is 5.69 Å². The van der Waals surface area contributed by atoms with Crippen molar-refractivity contribution in [2.24, 2.45) is 0 Å². The average Bonchev–Trinajstić information content (AvgIpc) is 2.91. The SMILES string of the molecule is O=C(C[C@]1(O)C(=O)N(Cc2ccccc2Cl)c2ccc(Cl)cc21)c1ccc(Br)cc1. The van der Waals surface area contributed by atoms with E-state index >= 15 is 0 Å². The lowest BCUT2D eigenvalue weighted by molar-refractivity contribution is -0.136. The number of carbonyl (C=O) groups is 2. The summed E-state index contributed by atoms with van der Waals surface area (Å²) in [6.45, 7) is 0.169. The number of Topliss-reactive ketones (excluding diaryl/α,β-unsaturated/α-hetero) is 1. The summed E-state index contributed by atoms with van der Waals surface area (Å²) < 4.78 is 0.831. The molecule has 3 aromatic rings. The Morgan fingerprint density at radius 2 is 1.73 bits per heavy atom. The Hall–Kier alpha value is -2.18. The molecular weight excluding hydrogens is 489 g/mol. The molecule has 1 aliphatic rings. The first-order valence-electron chi connectivity index (χ1n) is 9.16. The van der Waals surface area contributed by atoms with Gasteiger partial charge >= 0.3 is 0 Å². The van der Waals surface area contributed by atoms with Crippen molar-refractivity contribution in [1.82, 2.24) is 0 Å². The van der Waals surface area contributed by atoms with Gasteiger partial charge in [-0.15, -0.1) is 0 Å². The summed E-state index contributed by atoms with van der Waals surface area (Å²) in [4.78, 5) is 27.7. The third-order valence-corrected chi connectivity index (χ3v) is 6.30. The van der Waals surface area contributed by atoms with Crippen molar-refractivity contribution in [3.63, 3.8) is 0 Å². The lowest BCUT2D eigenvalue weighted by Gasteiger charge is -2.23. The zero-order chi connectivity index (χ0) is 21.5. The molecular formula is C23H16BrCl2NO3. The number of amides is 1. The van der Waals surface area contributed by atoms with Crippen LogP contribution in [0, 0.1) is 0 Å². The van der Waals surface area contributed by atoms with E-state index in [1.165, 1.54) is 11.0 Å². The van der Waals surface area contributed by atoms with Gasteiger partial charge in [-0.2, -0.15) is 0 Å². The van der Waals surface area contributed by atoms with Crippen molar-refractivity contribution in [3.8, 4) is 0 Å². The molecule has 1 heterocycles. The Morgan fingerprint density at radius 1 is 1.03 bits per heavy atom. The number of carbonyl (C=O) groups excluding carboxylic acids is 2. The highest BCUT2D eigenvalue weighted by atomic mass is 79.9. The minimum Gasteiger partial charge on any atom is -0.375 e. The minimum atomic E-state index is -2.01. The number of benzene rings is 3. The van der Waals surface area contributed by atoms with Crippen LogP contribution < -0.4 is 4.90 Å². The van der Waals surface area contributed by atoms with Gasteiger partial charge < -0.3 is 10.0 Å².